The maximum absolute atomic E-state index is 15.0. The Morgan fingerprint density at radius 1 is 0.982 bits per heavy atom. The predicted molar refractivity (Wildman–Crippen MR) is 218 cm³/mol. The van der Waals surface area contributed by atoms with Crippen LogP contribution in [0.25, 0.3) is 0 Å². The molecule has 0 spiro atoms. The number of aliphatic hydroxyl groups is 2. The van der Waals surface area contributed by atoms with Crippen molar-refractivity contribution in [3.63, 3.8) is 0 Å². The number of para-hydroxylation sites is 1. The molecule has 2 amide bonds. The zero-order chi connectivity index (χ0) is 40.0. The van der Waals surface area contributed by atoms with Gasteiger partial charge in [-0.1, -0.05) is 66.6 Å². The summed E-state index contributed by atoms with van der Waals surface area (Å²) in [5.74, 6) is 0.0195. The molecule has 3 N–H and O–H groups in total. The van der Waals surface area contributed by atoms with Crippen molar-refractivity contribution < 1.29 is 33.7 Å². The zero-order valence-corrected chi connectivity index (χ0v) is 33.4. The number of nitrogens with one attached hydrogen (secondary N) is 1. The van der Waals surface area contributed by atoms with E-state index in [9.17, 15) is 19.8 Å². The Hall–Kier alpha value is -4.70. The first-order valence-corrected chi connectivity index (χ1v) is 19.7. The van der Waals surface area contributed by atoms with E-state index in [-0.39, 0.29) is 47.8 Å². The lowest BCUT2D eigenvalue weighted by Gasteiger charge is -2.46. The predicted octanol–water partition coefficient (Wildman–Crippen LogP) is 9.69. The van der Waals surface area contributed by atoms with Gasteiger partial charge in [-0.05, 0) is 111 Å². The minimum absolute atomic E-state index is 0.00502. The molecule has 7 rings (SSSR count). The van der Waals surface area contributed by atoms with Gasteiger partial charge in [-0.2, -0.15) is 0 Å². The molecule has 296 valence electrons. The summed E-state index contributed by atoms with van der Waals surface area (Å²) in [6, 6.07) is 24.4. The average Bonchev–Trinajstić information content (AvgIpc) is 3.43. The number of rotatable bonds is 10. The van der Waals surface area contributed by atoms with Crippen molar-refractivity contribution in [2.45, 2.75) is 89.4 Å². The van der Waals surface area contributed by atoms with Gasteiger partial charge in [0.2, 0.25) is 0 Å². The van der Waals surface area contributed by atoms with E-state index in [1.807, 2.05) is 60.7 Å². The summed E-state index contributed by atoms with van der Waals surface area (Å²) in [7, 11) is 3.15. The highest BCUT2D eigenvalue weighted by molar-refractivity contribution is 6.31. The Kier molecular flexibility index (Phi) is 12.9. The standard InChI is InChI=1S/C46H52ClFN2O6/c1-30-10-9-22-45(2)39(36-20-16-31(24-34(51)18-15-30)25-37(36)42(52)27-38-40(47)13-8-14-41(38)48)21-23-46(45,54)29-50(44(53)49-33-11-6-5-7-12-33)28-32-17-19-35(55-3)26-43(32)56-4/h5-8,10-14,16-17,19-20,25-26,34,39,51,54H,9,15,18,21-24,27-29H2,1-4H3,(H,49,53)/t34-,39-,45-,46+/m0/s1. The fourth-order valence-corrected chi connectivity index (χ4v) is 8.86. The van der Waals surface area contributed by atoms with Gasteiger partial charge in [-0.25, -0.2) is 9.18 Å². The van der Waals surface area contributed by atoms with Crippen molar-refractivity contribution in [1.29, 1.82) is 0 Å². The molecule has 0 radical (unpaired) electrons. The summed E-state index contributed by atoms with van der Waals surface area (Å²) in [5, 5.41) is 27.3. The second-order valence-electron chi connectivity index (χ2n) is 15.6. The molecule has 1 saturated carbocycles. The van der Waals surface area contributed by atoms with Crippen molar-refractivity contribution in [3.05, 3.63) is 135 Å². The average molecular weight is 783 g/mol. The highest BCUT2D eigenvalue weighted by atomic mass is 35.5. The van der Waals surface area contributed by atoms with E-state index in [1.54, 1.807) is 31.3 Å². The third-order valence-corrected chi connectivity index (χ3v) is 12.3. The summed E-state index contributed by atoms with van der Waals surface area (Å²) in [6.45, 7) is 4.27. The van der Waals surface area contributed by atoms with Gasteiger partial charge in [0.25, 0.3) is 0 Å². The van der Waals surface area contributed by atoms with Crippen LogP contribution in [0.4, 0.5) is 14.9 Å². The number of urea groups is 1. The molecule has 4 aromatic rings. The molecule has 2 bridgehead atoms. The number of aliphatic hydroxyl groups excluding tert-OH is 1. The number of anilines is 1. The van der Waals surface area contributed by atoms with Gasteiger partial charge in [0.15, 0.2) is 5.78 Å². The number of allylic oxidation sites excluding steroid dienone is 2. The van der Waals surface area contributed by atoms with Crippen LogP contribution < -0.4 is 14.8 Å². The van der Waals surface area contributed by atoms with Crippen LogP contribution in [-0.4, -0.2) is 59.4 Å². The molecule has 56 heavy (non-hydrogen) atoms. The first kappa shape index (κ1) is 40.9. The van der Waals surface area contributed by atoms with E-state index in [4.69, 9.17) is 21.1 Å². The van der Waals surface area contributed by atoms with Gasteiger partial charge in [0, 0.05) is 45.3 Å². The number of carbonyl (C=O) groups is 2. The van der Waals surface area contributed by atoms with E-state index in [0.717, 1.165) is 22.3 Å². The SMILES string of the molecule is COc1ccc(CN(C[C@]2(O)CC[C@H]3c4ccc(cc4C(=O)Cc4c(F)cccc4Cl)C[C@@H](O)CCC(C)=CCC[C@@]32C)C(=O)Nc2ccccc2)c(OC)c1. The lowest BCUT2D eigenvalue weighted by atomic mass is 9.64. The molecule has 3 aliphatic rings. The monoisotopic (exact) mass is 782 g/mol. The number of ether oxygens (including phenoxy) is 2. The molecule has 10 heteroatoms. The number of fused-ring (bicyclic) bond motifs is 8. The second kappa shape index (κ2) is 17.6. The molecule has 0 saturated heterocycles. The molecule has 0 heterocycles. The van der Waals surface area contributed by atoms with Crippen molar-refractivity contribution in [1.82, 2.24) is 4.90 Å². The number of benzene rings is 4. The van der Waals surface area contributed by atoms with Crippen molar-refractivity contribution in [2.75, 3.05) is 26.1 Å². The number of hydrogen-bond donors (Lipinski definition) is 3. The lowest BCUT2D eigenvalue weighted by Crippen LogP contribution is -2.54. The van der Waals surface area contributed by atoms with Crippen LogP contribution in [0, 0.1) is 11.2 Å². The maximum atomic E-state index is 15.0. The minimum atomic E-state index is -1.39. The van der Waals surface area contributed by atoms with Crippen LogP contribution >= 0.6 is 11.6 Å². The van der Waals surface area contributed by atoms with E-state index < -0.39 is 22.9 Å². The van der Waals surface area contributed by atoms with Crippen molar-refractivity contribution >= 4 is 29.1 Å². The molecule has 0 aliphatic heterocycles. The normalized spacial score (nSPS) is 22.4. The largest absolute Gasteiger partial charge is 0.497 e. The van der Waals surface area contributed by atoms with Gasteiger partial charge < -0.3 is 29.9 Å². The van der Waals surface area contributed by atoms with Crippen LogP contribution in [0.1, 0.15) is 90.9 Å². The van der Waals surface area contributed by atoms with Crippen LogP contribution in [-0.2, 0) is 19.4 Å². The summed E-state index contributed by atoms with van der Waals surface area (Å²) in [6.07, 6.45) is 5.07. The maximum Gasteiger partial charge on any atom is 0.322 e. The van der Waals surface area contributed by atoms with Crippen molar-refractivity contribution in [3.8, 4) is 11.5 Å². The molecular weight excluding hydrogens is 731 g/mol. The second-order valence-corrected chi connectivity index (χ2v) is 16.0. The molecule has 0 unspecified atom stereocenters. The van der Waals surface area contributed by atoms with E-state index in [0.29, 0.717) is 67.7 Å². The number of nitrogens with zero attached hydrogens (tertiary/aromatic N) is 1. The molecule has 4 aromatic carbocycles. The number of amides is 2. The number of Topliss-reactive ketones (excluding diaryl/α,β-unsaturated/α-hetero) is 1. The Labute approximate surface area is 334 Å². The molecule has 0 aromatic heterocycles. The Morgan fingerprint density at radius 3 is 2.50 bits per heavy atom. The molecule has 4 atom stereocenters. The van der Waals surface area contributed by atoms with Crippen LogP contribution in [0.5, 0.6) is 11.5 Å². The van der Waals surface area contributed by atoms with Gasteiger partial charge >= 0.3 is 6.03 Å². The quantitative estimate of drug-likeness (QED) is 0.109. The number of methoxy groups -OCH3 is 2. The third-order valence-electron chi connectivity index (χ3n) is 12.0. The van der Waals surface area contributed by atoms with Crippen LogP contribution in [0.15, 0.2) is 96.6 Å². The van der Waals surface area contributed by atoms with Gasteiger partial charge in [0.1, 0.15) is 17.3 Å². The first-order chi connectivity index (χ1) is 26.8. The highest BCUT2D eigenvalue weighted by Gasteiger charge is 2.57. The lowest BCUT2D eigenvalue weighted by molar-refractivity contribution is -0.0773. The van der Waals surface area contributed by atoms with Crippen molar-refractivity contribution in [2.24, 2.45) is 5.41 Å². The molecule has 1 fully saturated rings. The molecular formula is C46H52ClFN2O6. The van der Waals surface area contributed by atoms with E-state index in [2.05, 4.69) is 25.2 Å². The highest BCUT2D eigenvalue weighted by Crippen LogP contribution is 2.59. The topological polar surface area (TPSA) is 108 Å². The first-order valence-electron chi connectivity index (χ1n) is 19.3. The van der Waals surface area contributed by atoms with Gasteiger partial charge in [0.05, 0.1) is 39.0 Å². The fraction of sp³-hybridized carbons (Fsp3) is 0.391. The Balaban J connectivity index is 1.43. The summed E-state index contributed by atoms with van der Waals surface area (Å²) in [5.41, 5.74) is 2.41. The number of halogens is 2. The Morgan fingerprint density at radius 2 is 1.77 bits per heavy atom. The third kappa shape index (κ3) is 8.96. The smallest absolute Gasteiger partial charge is 0.322 e. The summed E-state index contributed by atoms with van der Waals surface area (Å²) >= 11 is 6.41. The fourth-order valence-electron chi connectivity index (χ4n) is 8.63. The van der Waals surface area contributed by atoms with Gasteiger partial charge in [-0.3, -0.25) is 4.79 Å². The molecule has 8 nitrogen and oxygen atoms in total. The minimum Gasteiger partial charge on any atom is -0.497 e. The number of carbonyl (C=O) groups excluding carboxylic acids is 2. The van der Waals surface area contributed by atoms with Gasteiger partial charge in [-0.15, -0.1) is 0 Å². The summed E-state index contributed by atoms with van der Waals surface area (Å²) in [4.78, 5) is 30.3. The number of ketones is 1. The van der Waals surface area contributed by atoms with Crippen LogP contribution in [0.3, 0.4) is 0 Å². The zero-order valence-electron chi connectivity index (χ0n) is 32.6. The Bertz CT molecular complexity index is 2050. The summed E-state index contributed by atoms with van der Waals surface area (Å²) < 4.78 is 26.2. The van der Waals surface area contributed by atoms with E-state index >= 15 is 4.39 Å². The molecule has 3 aliphatic carbocycles. The number of hydrogen-bond acceptors (Lipinski definition) is 6. The van der Waals surface area contributed by atoms with E-state index in [1.165, 1.54) is 12.1 Å². The van der Waals surface area contributed by atoms with Crippen LogP contribution in [0.2, 0.25) is 5.02 Å².